The van der Waals surface area contributed by atoms with Crippen molar-refractivity contribution in [3.05, 3.63) is 31.1 Å². The molecular formula is C7H4Br3NS. The van der Waals surface area contributed by atoms with Crippen molar-refractivity contribution in [3.63, 3.8) is 0 Å². The second-order valence-electron chi connectivity index (χ2n) is 2.11. The van der Waals surface area contributed by atoms with Crippen LogP contribution in [0.15, 0.2) is 25.6 Å². The highest BCUT2D eigenvalue weighted by atomic mass is 79.9. The van der Waals surface area contributed by atoms with Crippen LogP contribution in [-0.2, 0) is 0 Å². The van der Waals surface area contributed by atoms with Crippen molar-refractivity contribution >= 4 is 65.0 Å². The average Bonchev–Trinajstić information content (AvgIpc) is 1.82. The summed E-state index contributed by atoms with van der Waals surface area (Å²) >= 11 is 15.0. The first-order valence-electron chi connectivity index (χ1n) is 2.96. The van der Waals surface area contributed by atoms with E-state index in [0.29, 0.717) is 4.99 Å². The van der Waals surface area contributed by atoms with E-state index in [1.165, 1.54) is 0 Å². The van der Waals surface area contributed by atoms with Crippen LogP contribution in [0.3, 0.4) is 0 Å². The number of hydrogen-bond donors (Lipinski definition) is 1. The van der Waals surface area contributed by atoms with Gasteiger partial charge in [0.15, 0.2) is 0 Å². The van der Waals surface area contributed by atoms with Gasteiger partial charge in [0, 0.05) is 19.0 Å². The summed E-state index contributed by atoms with van der Waals surface area (Å²) in [5.74, 6) is 0. The maximum atomic E-state index is 5.52. The van der Waals surface area contributed by atoms with E-state index in [0.717, 1.165) is 19.0 Å². The summed E-state index contributed by atoms with van der Waals surface area (Å²) in [6.07, 6.45) is 0. The first-order chi connectivity index (χ1) is 5.52. The molecule has 0 aromatic heterocycles. The van der Waals surface area contributed by atoms with Crippen molar-refractivity contribution in [1.82, 2.24) is 0 Å². The molecule has 2 N–H and O–H groups in total. The van der Waals surface area contributed by atoms with E-state index in [1.807, 2.05) is 12.1 Å². The molecule has 1 aromatic rings. The van der Waals surface area contributed by atoms with Crippen LogP contribution in [0, 0.1) is 0 Å². The van der Waals surface area contributed by atoms with E-state index in [1.54, 1.807) is 0 Å². The third-order valence-corrected chi connectivity index (χ3v) is 3.17. The molecule has 1 nitrogen and oxygen atoms in total. The molecule has 0 amide bonds. The predicted octanol–water partition coefficient (Wildman–Crippen LogP) is 3.61. The highest BCUT2D eigenvalue weighted by Gasteiger charge is 2.08. The summed E-state index contributed by atoms with van der Waals surface area (Å²) in [6.45, 7) is 0. The monoisotopic (exact) mass is 371 g/mol. The van der Waals surface area contributed by atoms with E-state index in [9.17, 15) is 0 Å². The molecule has 0 atom stereocenters. The molecule has 1 aromatic carbocycles. The molecule has 5 heteroatoms. The molecule has 0 aliphatic heterocycles. The number of halogens is 3. The zero-order valence-electron chi connectivity index (χ0n) is 5.77. The van der Waals surface area contributed by atoms with E-state index < -0.39 is 0 Å². The molecule has 0 spiro atoms. The second-order valence-corrected chi connectivity index (χ2v) is 5.17. The van der Waals surface area contributed by atoms with Crippen LogP contribution in [0.4, 0.5) is 0 Å². The molecule has 0 heterocycles. The summed E-state index contributed by atoms with van der Waals surface area (Å²) in [7, 11) is 0. The van der Waals surface area contributed by atoms with Gasteiger partial charge in [0.1, 0.15) is 4.99 Å². The molecule has 0 aliphatic rings. The fourth-order valence-electron chi connectivity index (χ4n) is 0.778. The molecule has 12 heavy (non-hydrogen) atoms. The lowest BCUT2D eigenvalue weighted by Crippen LogP contribution is -2.10. The summed E-state index contributed by atoms with van der Waals surface area (Å²) < 4.78 is 2.74. The molecule has 0 saturated heterocycles. The quantitative estimate of drug-likeness (QED) is 0.761. The number of nitrogens with two attached hydrogens (primary N) is 1. The third-order valence-electron chi connectivity index (χ3n) is 1.25. The van der Waals surface area contributed by atoms with Crippen LogP contribution in [0.25, 0.3) is 0 Å². The Kier molecular flexibility index (Phi) is 3.70. The van der Waals surface area contributed by atoms with Crippen molar-refractivity contribution in [2.75, 3.05) is 0 Å². The summed E-state index contributed by atoms with van der Waals surface area (Å²) in [5, 5.41) is 0. The summed E-state index contributed by atoms with van der Waals surface area (Å²) in [5.41, 5.74) is 6.35. The molecule has 0 radical (unpaired) electrons. The van der Waals surface area contributed by atoms with Gasteiger partial charge in [0.25, 0.3) is 0 Å². The van der Waals surface area contributed by atoms with Crippen molar-refractivity contribution in [2.24, 2.45) is 5.73 Å². The largest absolute Gasteiger partial charge is 0.389 e. The van der Waals surface area contributed by atoms with Crippen LogP contribution in [-0.4, -0.2) is 4.99 Å². The SMILES string of the molecule is NC(=S)c1c(Br)cc(Br)cc1Br. The van der Waals surface area contributed by atoms with Gasteiger partial charge in [-0.3, -0.25) is 0 Å². The maximum absolute atomic E-state index is 5.52. The fraction of sp³-hybridized carbons (Fsp3) is 0. The zero-order chi connectivity index (χ0) is 9.30. The van der Waals surface area contributed by atoms with Crippen LogP contribution in [0.5, 0.6) is 0 Å². The first-order valence-corrected chi connectivity index (χ1v) is 5.75. The lowest BCUT2D eigenvalue weighted by Gasteiger charge is -2.05. The molecular weight excluding hydrogens is 370 g/mol. The molecule has 1 rings (SSSR count). The normalized spacial score (nSPS) is 9.92. The Bertz CT molecular complexity index is 314. The van der Waals surface area contributed by atoms with Crippen LogP contribution in [0.2, 0.25) is 0 Å². The van der Waals surface area contributed by atoms with Gasteiger partial charge in [-0.05, 0) is 44.0 Å². The van der Waals surface area contributed by atoms with Crippen LogP contribution < -0.4 is 5.73 Å². The van der Waals surface area contributed by atoms with Gasteiger partial charge in [-0.25, -0.2) is 0 Å². The van der Waals surface area contributed by atoms with Gasteiger partial charge in [0.05, 0.1) is 0 Å². The maximum Gasteiger partial charge on any atom is 0.106 e. The van der Waals surface area contributed by atoms with E-state index in [2.05, 4.69) is 47.8 Å². The van der Waals surface area contributed by atoms with Crippen molar-refractivity contribution in [3.8, 4) is 0 Å². The number of thiocarbonyl (C=S) groups is 1. The topological polar surface area (TPSA) is 26.0 Å². The molecule has 0 unspecified atom stereocenters. The molecule has 64 valence electrons. The Labute approximate surface area is 101 Å². The molecule has 0 aliphatic carbocycles. The van der Waals surface area contributed by atoms with Gasteiger partial charge in [-0.1, -0.05) is 28.1 Å². The van der Waals surface area contributed by atoms with Crippen molar-refractivity contribution < 1.29 is 0 Å². The Morgan fingerprint density at radius 2 is 1.58 bits per heavy atom. The summed E-state index contributed by atoms with van der Waals surface area (Å²) in [6, 6.07) is 3.80. The van der Waals surface area contributed by atoms with Crippen molar-refractivity contribution in [2.45, 2.75) is 0 Å². The number of benzene rings is 1. The Balaban J connectivity index is 3.38. The highest BCUT2D eigenvalue weighted by molar-refractivity contribution is 9.11. The fourth-order valence-corrected chi connectivity index (χ4v) is 3.95. The third kappa shape index (κ3) is 2.28. The Morgan fingerprint density at radius 3 is 1.92 bits per heavy atom. The number of hydrogen-bond acceptors (Lipinski definition) is 1. The first kappa shape index (κ1) is 10.6. The molecule has 0 saturated carbocycles. The van der Waals surface area contributed by atoms with Crippen LogP contribution in [0.1, 0.15) is 5.56 Å². The van der Waals surface area contributed by atoms with Gasteiger partial charge >= 0.3 is 0 Å². The lowest BCUT2D eigenvalue weighted by atomic mass is 10.2. The minimum absolute atomic E-state index is 0.376. The van der Waals surface area contributed by atoms with E-state index in [-0.39, 0.29) is 0 Å². The minimum atomic E-state index is 0.376. The predicted molar refractivity (Wildman–Crippen MR) is 65.4 cm³/mol. The van der Waals surface area contributed by atoms with Gasteiger partial charge in [0.2, 0.25) is 0 Å². The smallest absolute Gasteiger partial charge is 0.106 e. The lowest BCUT2D eigenvalue weighted by molar-refractivity contribution is 1.50. The standard InChI is InChI=1S/C7H4Br3NS/c8-3-1-4(9)6(7(11)12)5(10)2-3/h1-2H,(H2,11,12). The minimum Gasteiger partial charge on any atom is -0.389 e. The second kappa shape index (κ2) is 4.17. The van der Waals surface area contributed by atoms with Crippen LogP contribution >= 0.6 is 60.0 Å². The highest BCUT2D eigenvalue weighted by Crippen LogP contribution is 2.29. The Morgan fingerprint density at radius 1 is 1.17 bits per heavy atom. The van der Waals surface area contributed by atoms with E-state index in [4.69, 9.17) is 18.0 Å². The van der Waals surface area contributed by atoms with Gasteiger partial charge in [-0.15, -0.1) is 0 Å². The van der Waals surface area contributed by atoms with Gasteiger partial charge < -0.3 is 5.73 Å². The average molecular weight is 374 g/mol. The Hall–Kier alpha value is 0.550. The van der Waals surface area contributed by atoms with E-state index >= 15 is 0 Å². The number of rotatable bonds is 1. The molecule has 0 bridgehead atoms. The summed E-state index contributed by atoms with van der Waals surface area (Å²) in [4.78, 5) is 0.376. The zero-order valence-corrected chi connectivity index (χ0v) is 11.3. The molecule has 0 fully saturated rings. The van der Waals surface area contributed by atoms with Crippen molar-refractivity contribution in [1.29, 1.82) is 0 Å². The van der Waals surface area contributed by atoms with Gasteiger partial charge in [-0.2, -0.15) is 0 Å².